The van der Waals surface area contributed by atoms with Crippen LogP contribution in [0.2, 0.25) is 10.0 Å². The van der Waals surface area contributed by atoms with Gasteiger partial charge in [-0.25, -0.2) is 9.97 Å². The minimum atomic E-state index is 0.688. The average Bonchev–Trinajstić information content (AvgIpc) is 2.99. The van der Waals surface area contributed by atoms with Gasteiger partial charge in [0.05, 0.1) is 18.8 Å². The maximum Gasteiger partial charge on any atom is 0.130 e. The number of hydrogen-bond acceptors (Lipinski definition) is 4. The SMILES string of the molecule is Cc1nc2c(n1Cc1cc(Cl)ccc1Cl)CCN(c1ccnc(N(C)C)c1)C2. The van der Waals surface area contributed by atoms with Crippen molar-refractivity contribution >= 4 is 34.7 Å². The van der Waals surface area contributed by atoms with E-state index in [4.69, 9.17) is 28.2 Å². The Morgan fingerprint density at radius 2 is 1.96 bits per heavy atom. The number of fused-ring (bicyclic) bond motifs is 1. The minimum absolute atomic E-state index is 0.688. The van der Waals surface area contributed by atoms with Crippen LogP contribution in [0.5, 0.6) is 0 Å². The van der Waals surface area contributed by atoms with Gasteiger partial charge in [-0.15, -0.1) is 0 Å². The molecule has 146 valence electrons. The van der Waals surface area contributed by atoms with E-state index in [0.29, 0.717) is 11.6 Å². The molecule has 0 saturated carbocycles. The van der Waals surface area contributed by atoms with Crippen molar-refractivity contribution in [2.75, 3.05) is 30.4 Å². The van der Waals surface area contributed by atoms with Gasteiger partial charge >= 0.3 is 0 Å². The Hall–Kier alpha value is -2.24. The highest BCUT2D eigenvalue weighted by molar-refractivity contribution is 6.33. The number of rotatable bonds is 4. The summed E-state index contributed by atoms with van der Waals surface area (Å²) in [7, 11) is 4.01. The summed E-state index contributed by atoms with van der Waals surface area (Å²) in [5.41, 5.74) is 4.61. The van der Waals surface area contributed by atoms with Gasteiger partial charge in [-0.1, -0.05) is 23.2 Å². The molecule has 1 aromatic carbocycles. The Morgan fingerprint density at radius 3 is 2.75 bits per heavy atom. The molecule has 0 bridgehead atoms. The maximum absolute atomic E-state index is 6.38. The van der Waals surface area contributed by atoms with Crippen molar-refractivity contribution in [1.82, 2.24) is 14.5 Å². The smallest absolute Gasteiger partial charge is 0.130 e. The zero-order valence-corrected chi connectivity index (χ0v) is 17.8. The van der Waals surface area contributed by atoms with Gasteiger partial charge in [-0.2, -0.15) is 0 Å². The molecule has 7 heteroatoms. The van der Waals surface area contributed by atoms with E-state index >= 15 is 0 Å². The van der Waals surface area contributed by atoms with E-state index in [1.807, 2.05) is 43.4 Å². The number of anilines is 2. The fourth-order valence-corrected chi connectivity index (χ4v) is 4.06. The molecule has 1 aliphatic rings. The maximum atomic E-state index is 6.38. The van der Waals surface area contributed by atoms with Gasteiger partial charge in [-0.3, -0.25) is 0 Å². The van der Waals surface area contributed by atoms with E-state index in [9.17, 15) is 0 Å². The zero-order chi connectivity index (χ0) is 19.8. The molecule has 0 spiro atoms. The van der Waals surface area contributed by atoms with Crippen molar-refractivity contribution in [3.63, 3.8) is 0 Å². The Morgan fingerprint density at radius 1 is 1.14 bits per heavy atom. The molecule has 3 heterocycles. The summed E-state index contributed by atoms with van der Waals surface area (Å²) in [5, 5.41) is 1.43. The Bertz CT molecular complexity index is 1010. The van der Waals surface area contributed by atoms with E-state index < -0.39 is 0 Å². The second kappa shape index (κ2) is 7.64. The largest absolute Gasteiger partial charge is 0.365 e. The summed E-state index contributed by atoms with van der Waals surface area (Å²) in [6, 6.07) is 9.79. The van der Waals surface area contributed by atoms with Crippen LogP contribution in [0, 0.1) is 6.92 Å². The van der Waals surface area contributed by atoms with Crippen LogP contribution in [0.15, 0.2) is 36.5 Å². The normalized spacial score (nSPS) is 13.5. The van der Waals surface area contributed by atoms with Crippen molar-refractivity contribution in [1.29, 1.82) is 0 Å². The number of imidazole rings is 1. The standard InChI is InChI=1S/C21H23Cl2N5/c1-14-25-19-13-27(17-6-8-24-21(11-17)26(2)3)9-7-20(19)28(14)12-15-10-16(22)4-5-18(15)23/h4-6,8,10-11H,7,9,12-13H2,1-3H3. The Labute approximate surface area is 175 Å². The van der Waals surface area contributed by atoms with Crippen LogP contribution < -0.4 is 9.80 Å². The van der Waals surface area contributed by atoms with Gasteiger partial charge in [-0.05, 0) is 36.8 Å². The topological polar surface area (TPSA) is 37.2 Å². The van der Waals surface area contributed by atoms with Crippen LogP contribution in [0.25, 0.3) is 0 Å². The second-order valence-corrected chi connectivity index (χ2v) is 8.16. The molecule has 4 rings (SSSR count). The molecule has 0 N–H and O–H groups in total. The van der Waals surface area contributed by atoms with Crippen LogP contribution in [-0.2, 0) is 19.5 Å². The summed E-state index contributed by atoms with van der Waals surface area (Å²) in [6.07, 6.45) is 2.80. The van der Waals surface area contributed by atoms with E-state index in [1.165, 1.54) is 11.4 Å². The number of aryl methyl sites for hydroxylation is 1. The predicted octanol–water partition coefficient (Wildman–Crippen LogP) is 4.57. The summed E-state index contributed by atoms with van der Waals surface area (Å²) in [4.78, 5) is 13.6. The first-order chi connectivity index (χ1) is 13.4. The summed E-state index contributed by atoms with van der Waals surface area (Å²) < 4.78 is 2.27. The molecule has 2 aromatic heterocycles. The van der Waals surface area contributed by atoms with Crippen LogP contribution >= 0.6 is 23.2 Å². The molecule has 5 nitrogen and oxygen atoms in total. The van der Waals surface area contributed by atoms with Crippen molar-refractivity contribution in [3.05, 3.63) is 69.3 Å². The van der Waals surface area contributed by atoms with Gasteiger partial charge < -0.3 is 14.4 Å². The molecular weight excluding hydrogens is 393 g/mol. The quantitative estimate of drug-likeness (QED) is 0.625. The average molecular weight is 416 g/mol. The fourth-order valence-electron chi connectivity index (χ4n) is 3.69. The lowest BCUT2D eigenvalue weighted by Crippen LogP contribution is -2.31. The number of halogens is 2. The third-order valence-electron chi connectivity index (χ3n) is 5.19. The number of nitrogens with zero attached hydrogens (tertiary/aromatic N) is 5. The number of benzene rings is 1. The molecule has 28 heavy (non-hydrogen) atoms. The summed E-state index contributed by atoms with van der Waals surface area (Å²) in [6.45, 7) is 4.48. The van der Waals surface area contributed by atoms with Crippen LogP contribution in [0.1, 0.15) is 22.8 Å². The van der Waals surface area contributed by atoms with E-state index in [-0.39, 0.29) is 0 Å². The summed E-state index contributed by atoms with van der Waals surface area (Å²) in [5.74, 6) is 1.97. The van der Waals surface area contributed by atoms with Gasteiger partial charge in [0.1, 0.15) is 11.6 Å². The lowest BCUT2D eigenvalue weighted by Gasteiger charge is -2.29. The molecule has 0 atom stereocenters. The van der Waals surface area contributed by atoms with E-state index in [1.54, 1.807) is 0 Å². The first-order valence-electron chi connectivity index (χ1n) is 9.29. The molecule has 0 saturated heterocycles. The Kier molecular flexibility index (Phi) is 5.21. The van der Waals surface area contributed by atoms with Crippen molar-refractivity contribution in [2.24, 2.45) is 0 Å². The lowest BCUT2D eigenvalue weighted by atomic mass is 10.1. The van der Waals surface area contributed by atoms with Gasteiger partial charge in [0.15, 0.2) is 0 Å². The highest BCUT2D eigenvalue weighted by Gasteiger charge is 2.24. The molecule has 0 unspecified atom stereocenters. The van der Waals surface area contributed by atoms with E-state index in [2.05, 4.69) is 33.5 Å². The highest BCUT2D eigenvalue weighted by atomic mass is 35.5. The van der Waals surface area contributed by atoms with Gasteiger partial charge in [0.25, 0.3) is 0 Å². The first kappa shape index (κ1) is 19.1. The van der Waals surface area contributed by atoms with Crippen molar-refractivity contribution in [2.45, 2.75) is 26.4 Å². The lowest BCUT2D eigenvalue weighted by molar-refractivity contribution is 0.655. The third-order valence-corrected chi connectivity index (χ3v) is 5.80. The van der Waals surface area contributed by atoms with Crippen molar-refractivity contribution in [3.8, 4) is 0 Å². The highest BCUT2D eigenvalue weighted by Crippen LogP contribution is 2.28. The molecule has 0 aliphatic carbocycles. The monoisotopic (exact) mass is 415 g/mol. The number of hydrogen-bond donors (Lipinski definition) is 0. The third kappa shape index (κ3) is 3.69. The van der Waals surface area contributed by atoms with E-state index in [0.717, 1.165) is 47.4 Å². The molecule has 1 aliphatic heterocycles. The van der Waals surface area contributed by atoms with Crippen LogP contribution in [0.3, 0.4) is 0 Å². The van der Waals surface area contributed by atoms with Crippen LogP contribution in [0.4, 0.5) is 11.5 Å². The molecule has 3 aromatic rings. The first-order valence-corrected chi connectivity index (χ1v) is 10.0. The molecule has 0 radical (unpaired) electrons. The van der Waals surface area contributed by atoms with Gasteiger partial charge in [0, 0.05) is 60.8 Å². The summed E-state index contributed by atoms with van der Waals surface area (Å²) >= 11 is 12.5. The predicted molar refractivity (Wildman–Crippen MR) is 116 cm³/mol. The number of aromatic nitrogens is 3. The minimum Gasteiger partial charge on any atom is -0.365 e. The van der Waals surface area contributed by atoms with Crippen LogP contribution in [-0.4, -0.2) is 35.2 Å². The van der Waals surface area contributed by atoms with Gasteiger partial charge in [0.2, 0.25) is 0 Å². The molecular formula is C21H23Cl2N5. The van der Waals surface area contributed by atoms with Crippen molar-refractivity contribution < 1.29 is 0 Å². The molecule has 0 amide bonds. The zero-order valence-electron chi connectivity index (χ0n) is 16.3. The number of pyridine rings is 1. The second-order valence-electron chi connectivity index (χ2n) is 7.31. The molecule has 0 fully saturated rings. The Balaban J connectivity index is 1.60. The fraction of sp³-hybridized carbons (Fsp3) is 0.333.